The van der Waals surface area contributed by atoms with Crippen LogP contribution in [0.25, 0.3) is 0 Å². The van der Waals surface area contributed by atoms with E-state index < -0.39 is 0 Å². The summed E-state index contributed by atoms with van der Waals surface area (Å²) in [6.07, 6.45) is 0. The average molecular weight is 420 g/mol. The van der Waals surface area contributed by atoms with Gasteiger partial charge in [-0.05, 0) is 68.1 Å². The van der Waals surface area contributed by atoms with Crippen LogP contribution in [0.4, 0.5) is 5.69 Å². The van der Waals surface area contributed by atoms with Gasteiger partial charge in [0.15, 0.2) is 0 Å². The molecule has 0 aromatic heterocycles. The van der Waals surface area contributed by atoms with Crippen LogP contribution >= 0.6 is 43.5 Å². The minimum atomic E-state index is 0.729. The van der Waals surface area contributed by atoms with E-state index >= 15 is 0 Å². The van der Waals surface area contributed by atoms with E-state index in [2.05, 4.69) is 44.1 Å². The molecule has 0 aliphatic rings. The first-order valence-electron chi connectivity index (χ1n) is 6.03. The number of ether oxygens (including phenoxy) is 1. The topological polar surface area (TPSA) is 21.3 Å². The van der Waals surface area contributed by atoms with E-state index in [1.54, 1.807) is 7.11 Å². The van der Waals surface area contributed by atoms with Crippen molar-refractivity contribution in [2.45, 2.75) is 13.5 Å². The second-order valence-corrected chi connectivity index (χ2v) is 6.54. The molecule has 2 rings (SSSR count). The molecular formula is C15H14Br2ClNO. The number of methoxy groups -OCH3 is 1. The molecule has 1 N–H and O–H groups in total. The van der Waals surface area contributed by atoms with Gasteiger partial charge in [0.2, 0.25) is 0 Å². The number of halogens is 3. The van der Waals surface area contributed by atoms with Crippen LogP contribution in [-0.2, 0) is 6.54 Å². The Hall–Kier alpha value is -0.710. The maximum absolute atomic E-state index is 5.97. The predicted molar refractivity (Wildman–Crippen MR) is 91.9 cm³/mol. The van der Waals surface area contributed by atoms with E-state index in [-0.39, 0.29) is 0 Å². The first kappa shape index (κ1) is 15.7. The molecule has 0 atom stereocenters. The second kappa shape index (κ2) is 6.83. The molecule has 0 spiro atoms. The number of hydrogen-bond donors (Lipinski definition) is 1. The second-order valence-electron chi connectivity index (χ2n) is 4.39. The fraction of sp³-hybridized carbons (Fsp3) is 0.200. The zero-order valence-corrected chi connectivity index (χ0v) is 15.1. The fourth-order valence-corrected chi connectivity index (χ4v) is 3.39. The van der Waals surface area contributed by atoms with Crippen molar-refractivity contribution in [3.8, 4) is 5.75 Å². The van der Waals surface area contributed by atoms with E-state index in [0.717, 1.165) is 31.9 Å². The van der Waals surface area contributed by atoms with Crippen molar-refractivity contribution in [1.29, 1.82) is 0 Å². The Bertz CT molecular complexity index is 632. The minimum Gasteiger partial charge on any atom is -0.495 e. The summed E-state index contributed by atoms with van der Waals surface area (Å²) in [5.41, 5.74) is 3.37. The van der Waals surface area contributed by atoms with Crippen molar-refractivity contribution in [1.82, 2.24) is 0 Å². The zero-order valence-electron chi connectivity index (χ0n) is 11.1. The van der Waals surface area contributed by atoms with Gasteiger partial charge in [0.25, 0.3) is 0 Å². The largest absolute Gasteiger partial charge is 0.495 e. The minimum absolute atomic E-state index is 0.729. The standard InChI is InChI=1S/C15H14Br2ClNO/c1-9-5-11(18)4-3-10(9)8-19-14-7-15(20-2)13(17)6-12(14)16/h3-7,19H,8H2,1-2H3. The number of rotatable bonds is 4. The summed E-state index contributed by atoms with van der Waals surface area (Å²) in [6.45, 7) is 2.78. The van der Waals surface area contributed by atoms with E-state index in [1.807, 2.05) is 30.3 Å². The van der Waals surface area contributed by atoms with E-state index in [9.17, 15) is 0 Å². The Morgan fingerprint density at radius 2 is 1.90 bits per heavy atom. The van der Waals surface area contributed by atoms with Crippen LogP contribution in [0, 0.1) is 6.92 Å². The van der Waals surface area contributed by atoms with Gasteiger partial charge in [0, 0.05) is 22.1 Å². The molecule has 2 aromatic carbocycles. The van der Waals surface area contributed by atoms with E-state index in [1.165, 1.54) is 11.1 Å². The highest BCUT2D eigenvalue weighted by atomic mass is 79.9. The Balaban J connectivity index is 2.18. The van der Waals surface area contributed by atoms with Gasteiger partial charge in [-0.1, -0.05) is 17.7 Å². The van der Waals surface area contributed by atoms with Crippen LogP contribution in [0.3, 0.4) is 0 Å². The highest BCUT2D eigenvalue weighted by Crippen LogP contribution is 2.34. The van der Waals surface area contributed by atoms with Crippen LogP contribution in [0.2, 0.25) is 5.02 Å². The summed E-state index contributed by atoms with van der Waals surface area (Å²) in [6, 6.07) is 9.84. The third-order valence-corrected chi connectivity index (χ3v) is 4.53. The molecule has 0 saturated heterocycles. The fourth-order valence-electron chi connectivity index (χ4n) is 1.87. The van der Waals surface area contributed by atoms with Gasteiger partial charge in [0.05, 0.1) is 17.3 Å². The summed E-state index contributed by atoms with van der Waals surface area (Å²) in [4.78, 5) is 0. The van der Waals surface area contributed by atoms with E-state index in [0.29, 0.717) is 0 Å². The van der Waals surface area contributed by atoms with Gasteiger partial charge < -0.3 is 10.1 Å². The molecule has 0 saturated carbocycles. The lowest BCUT2D eigenvalue weighted by atomic mass is 10.1. The van der Waals surface area contributed by atoms with Gasteiger partial charge in [-0.15, -0.1) is 0 Å². The lowest BCUT2D eigenvalue weighted by Crippen LogP contribution is -2.02. The summed E-state index contributed by atoms with van der Waals surface area (Å²) in [5.74, 6) is 0.795. The van der Waals surface area contributed by atoms with Crippen LogP contribution in [0.1, 0.15) is 11.1 Å². The van der Waals surface area contributed by atoms with Gasteiger partial charge in [-0.3, -0.25) is 0 Å². The van der Waals surface area contributed by atoms with Crippen molar-refractivity contribution >= 4 is 49.1 Å². The number of nitrogens with one attached hydrogen (secondary N) is 1. The average Bonchev–Trinajstić information content (AvgIpc) is 2.39. The van der Waals surface area contributed by atoms with Crippen LogP contribution in [0.5, 0.6) is 5.75 Å². The van der Waals surface area contributed by atoms with Crippen molar-refractivity contribution < 1.29 is 4.74 Å². The first-order chi connectivity index (χ1) is 9.51. The van der Waals surface area contributed by atoms with Gasteiger partial charge in [0.1, 0.15) is 5.75 Å². The van der Waals surface area contributed by atoms with Gasteiger partial charge >= 0.3 is 0 Å². The van der Waals surface area contributed by atoms with E-state index in [4.69, 9.17) is 16.3 Å². The number of hydrogen-bond acceptors (Lipinski definition) is 2. The molecule has 5 heteroatoms. The van der Waals surface area contributed by atoms with Gasteiger partial charge in [-0.2, -0.15) is 0 Å². The summed E-state index contributed by atoms with van der Waals surface area (Å²) in [5, 5.41) is 4.16. The quantitative estimate of drug-likeness (QED) is 0.677. The third-order valence-electron chi connectivity index (χ3n) is 3.02. The lowest BCUT2D eigenvalue weighted by molar-refractivity contribution is 0.412. The Kier molecular flexibility index (Phi) is 5.35. The van der Waals surface area contributed by atoms with Crippen molar-refractivity contribution in [2.75, 3.05) is 12.4 Å². The SMILES string of the molecule is COc1cc(NCc2ccc(Cl)cc2C)c(Br)cc1Br. The normalized spacial score (nSPS) is 10.4. The van der Waals surface area contributed by atoms with Crippen LogP contribution in [-0.4, -0.2) is 7.11 Å². The van der Waals surface area contributed by atoms with Crippen molar-refractivity contribution in [2.24, 2.45) is 0 Å². The Morgan fingerprint density at radius 3 is 2.55 bits per heavy atom. The molecular weight excluding hydrogens is 405 g/mol. The summed E-state index contributed by atoms with van der Waals surface area (Å²) < 4.78 is 7.21. The molecule has 0 fully saturated rings. The Labute approximate surface area is 140 Å². The lowest BCUT2D eigenvalue weighted by Gasteiger charge is -2.13. The monoisotopic (exact) mass is 417 g/mol. The van der Waals surface area contributed by atoms with Gasteiger partial charge in [-0.25, -0.2) is 0 Å². The summed E-state index contributed by atoms with van der Waals surface area (Å²) in [7, 11) is 1.65. The molecule has 0 aliphatic carbocycles. The maximum Gasteiger partial charge on any atom is 0.135 e. The number of anilines is 1. The molecule has 0 unspecified atom stereocenters. The molecule has 0 bridgehead atoms. The number of aryl methyl sites for hydroxylation is 1. The van der Waals surface area contributed by atoms with Crippen molar-refractivity contribution in [3.63, 3.8) is 0 Å². The summed E-state index contributed by atoms with van der Waals surface area (Å²) >= 11 is 13.0. The molecule has 2 nitrogen and oxygen atoms in total. The molecule has 2 aromatic rings. The Morgan fingerprint density at radius 1 is 1.15 bits per heavy atom. The molecule has 0 amide bonds. The van der Waals surface area contributed by atoms with Crippen molar-refractivity contribution in [3.05, 3.63) is 55.4 Å². The number of benzene rings is 2. The first-order valence-corrected chi connectivity index (χ1v) is 7.99. The maximum atomic E-state index is 5.97. The smallest absolute Gasteiger partial charge is 0.135 e. The third kappa shape index (κ3) is 3.68. The highest BCUT2D eigenvalue weighted by Gasteiger charge is 2.07. The molecule has 0 radical (unpaired) electrons. The molecule has 0 aliphatic heterocycles. The molecule has 20 heavy (non-hydrogen) atoms. The van der Waals surface area contributed by atoms with Crippen LogP contribution < -0.4 is 10.1 Å². The predicted octanol–water partition coefficient (Wildman–Crippen LogP) is 5.79. The zero-order chi connectivity index (χ0) is 14.7. The highest BCUT2D eigenvalue weighted by molar-refractivity contribution is 9.11. The van der Waals surface area contributed by atoms with Crippen LogP contribution in [0.15, 0.2) is 39.3 Å². The molecule has 0 heterocycles. The molecule has 106 valence electrons.